The molecule has 0 aromatic heterocycles. The van der Waals surface area contributed by atoms with E-state index in [-0.39, 0.29) is 29.9 Å². The van der Waals surface area contributed by atoms with Crippen LogP contribution in [-0.2, 0) is 0 Å². The highest BCUT2D eigenvalue weighted by Gasteiger charge is 2.15. The van der Waals surface area contributed by atoms with Crippen LogP contribution in [0.25, 0.3) is 5.70 Å². The molecule has 0 heterocycles. The van der Waals surface area contributed by atoms with Gasteiger partial charge in [-0.25, -0.2) is 13.6 Å². The van der Waals surface area contributed by atoms with Gasteiger partial charge in [0, 0.05) is 41.4 Å². The van der Waals surface area contributed by atoms with Crippen molar-refractivity contribution in [1.82, 2.24) is 5.32 Å². The van der Waals surface area contributed by atoms with Crippen LogP contribution in [0.4, 0.5) is 30.6 Å². The van der Waals surface area contributed by atoms with Crippen molar-refractivity contribution >= 4 is 28.8 Å². The first-order chi connectivity index (χ1) is 13.6. The van der Waals surface area contributed by atoms with Gasteiger partial charge in [0.05, 0.1) is 12.7 Å². The molecule has 0 saturated heterocycles. The van der Waals surface area contributed by atoms with Gasteiger partial charge in [-0.3, -0.25) is 0 Å². The molecule has 8 heteroatoms. The van der Waals surface area contributed by atoms with Crippen molar-refractivity contribution in [3.8, 4) is 5.75 Å². The smallest absolute Gasteiger partial charge is 0.319 e. The molecule has 0 unspecified atom stereocenters. The van der Waals surface area contributed by atoms with Crippen LogP contribution >= 0.6 is 0 Å². The lowest BCUT2D eigenvalue weighted by Crippen LogP contribution is -2.32. The summed E-state index contributed by atoms with van der Waals surface area (Å²) in [5.74, 6) is -0.230. The predicted octanol–water partition coefficient (Wildman–Crippen LogP) is 4.76. The highest BCUT2D eigenvalue weighted by Crippen LogP contribution is 2.29. The van der Waals surface area contributed by atoms with Crippen molar-refractivity contribution in [3.05, 3.63) is 54.4 Å². The van der Waals surface area contributed by atoms with Crippen LogP contribution in [0.3, 0.4) is 0 Å². The molecule has 6 nitrogen and oxygen atoms in total. The Kier molecular flexibility index (Phi) is 7.03. The lowest BCUT2D eigenvalue weighted by molar-refractivity contribution is 0.200. The van der Waals surface area contributed by atoms with Crippen molar-refractivity contribution in [2.24, 2.45) is 0 Å². The summed E-state index contributed by atoms with van der Waals surface area (Å²) >= 11 is 0. The average Bonchev–Trinajstić information content (AvgIpc) is 2.61. The Morgan fingerprint density at radius 2 is 1.76 bits per heavy atom. The molecule has 2 aromatic rings. The van der Waals surface area contributed by atoms with E-state index >= 15 is 0 Å². The number of hydrogen-bond donors (Lipinski definition) is 4. The monoisotopic (exact) mass is 404 g/mol. The number of carbonyl (C=O) groups is 1. The molecule has 2 amide bonds. The Morgan fingerprint density at radius 3 is 2.28 bits per heavy atom. The van der Waals surface area contributed by atoms with Crippen LogP contribution < -0.4 is 26.4 Å². The Balaban J connectivity index is 1.95. The van der Waals surface area contributed by atoms with Crippen LogP contribution in [0.1, 0.15) is 25.8 Å². The second-order valence-corrected chi connectivity index (χ2v) is 7.10. The molecule has 2 aromatic carbocycles. The average molecular weight is 404 g/mol. The van der Waals surface area contributed by atoms with Crippen LogP contribution in [0.2, 0.25) is 0 Å². The number of rotatable bonds is 8. The number of carbonyl (C=O) groups excluding carboxylic acids is 1. The number of urea groups is 1. The highest BCUT2D eigenvalue weighted by atomic mass is 19.1. The molecule has 0 radical (unpaired) electrons. The number of nitrogen functional groups attached to an aromatic ring is 1. The summed E-state index contributed by atoms with van der Waals surface area (Å²) < 4.78 is 32.7. The maximum atomic E-state index is 14.3. The molecule has 0 aliphatic carbocycles. The van der Waals surface area contributed by atoms with E-state index in [0.29, 0.717) is 17.1 Å². The number of hydrogen-bond acceptors (Lipinski definition) is 4. The number of methoxy groups -OCH3 is 1. The van der Waals surface area contributed by atoms with Gasteiger partial charge in [-0.05, 0) is 44.5 Å². The summed E-state index contributed by atoms with van der Waals surface area (Å²) in [6, 6.07) is 9.05. The van der Waals surface area contributed by atoms with Gasteiger partial charge >= 0.3 is 6.03 Å². The van der Waals surface area contributed by atoms with E-state index < -0.39 is 17.5 Å². The Hall–Kier alpha value is -3.29. The summed E-state index contributed by atoms with van der Waals surface area (Å²) in [5.41, 5.74) is 6.39. The van der Waals surface area contributed by atoms with Crippen LogP contribution in [-0.4, -0.2) is 25.4 Å². The Labute approximate surface area is 169 Å². The fraction of sp³-hybridized carbons (Fsp3) is 0.286. The minimum Gasteiger partial charge on any atom is -0.497 e. The molecule has 0 fully saturated rings. The van der Waals surface area contributed by atoms with E-state index in [2.05, 4.69) is 22.5 Å². The summed E-state index contributed by atoms with van der Waals surface area (Å²) in [7, 11) is 1.43. The fourth-order valence-corrected chi connectivity index (χ4v) is 2.56. The first-order valence-corrected chi connectivity index (χ1v) is 9.02. The van der Waals surface area contributed by atoms with Crippen molar-refractivity contribution < 1.29 is 18.3 Å². The van der Waals surface area contributed by atoms with Gasteiger partial charge in [-0.2, -0.15) is 0 Å². The van der Waals surface area contributed by atoms with Gasteiger partial charge < -0.3 is 26.4 Å². The lowest BCUT2D eigenvalue weighted by Gasteiger charge is -2.15. The molecule has 0 saturated carbocycles. The number of halogens is 2. The number of benzene rings is 2. The van der Waals surface area contributed by atoms with E-state index in [1.807, 2.05) is 0 Å². The first kappa shape index (κ1) is 22.0. The Bertz CT molecular complexity index is 854. The third-order valence-electron chi connectivity index (χ3n) is 4.07. The molecule has 2 rings (SSSR count). The van der Waals surface area contributed by atoms with E-state index in [1.165, 1.54) is 33.1 Å². The largest absolute Gasteiger partial charge is 0.497 e. The zero-order chi connectivity index (χ0) is 21.6. The predicted molar refractivity (Wildman–Crippen MR) is 113 cm³/mol. The van der Waals surface area contributed by atoms with Gasteiger partial charge in [-0.15, -0.1) is 0 Å². The summed E-state index contributed by atoms with van der Waals surface area (Å²) in [4.78, 5) is 11.8. The molecule has 0 atom stereocenters. The molecule has 156 valence electrons. The molecule has 0 spiro atoms. The van der Waals surface area contributed by atoms with E-state index in [9.17, 15) is 13.6 Å². The standard InChI is InChI=1S/C21H26F2N4O2/c1-13(19-17(22)11-16(29-4)12-18(19)24)26-14-5-7-15(8-6-14)27-20(28)25-10-9-21(2,3)23/h5-8,11-12,26H,1,9-10,24H2,2-4H3,(H2,25,27,28). The van der Waals surface area contributed by atoms with Crippen LogP contribution in [0, 0.1) is 5.82 Å². The molecule has 29 heavy (non-hydrogen) atoms. The third-order valence-corrected chi connectivity index (χ3v) is 4.07. The van der Waals surface area contributed by atoms with E-state index in [1.54, 1.807) is 24.3 Å². The molecular formula is C21H26F2N4O2. The van der Waals surface area contributed by atoms with Crippen molar-refractivity contribution in [2.45, 2.75) is 25.9 Å². The molecule has 0 aliphatic heterocycles. The van der Waals surface area contributed by atoms with Crippen LogP contribution in [0.5, 0.6) is 5.75 Å². The normalized spacial score (nSPS) is 10.9. The van der Waals surface area contributed by atoms with E-state index in [0.717, 1.165) is 0 Å². The maximum Gasteiger partial charge on any atom is 0.319 e. The Morgan fingerprint density at radius 1 is 1.17 bits per heavy atom. The van der Waals surface area contributed by atoms with Gasteiger partial charge in [0.1, 0.15) is 17.2 Å². The highest BCUT2D eigenvalue weighted by molar-refractivity contribution is 5.89. The van der Waals surface area contributed by atoms with Gasteiger partial charge in [-0.1, -0.05) is 6.58 Å². The topological polar surface area (TPSA) is 88.4 Å². The maximum absolute atomic E-state index is 14.3. The summed E-state index contributed by atoms with van der Waals surface area (Å²) in [5, 5.41) is 8.23. The summed E-state index contributed by atoms with van der Waals surface area (Å²) in [6.45, 7) is 6.98. The van der Waals surface area contributed by atoms with Crippen molar-refractivity contribution in [2.75, 3.05) is 30.0 Å². The fourth-order valence-electron chi connectivity index (χ4n) is 2.56. The van der Waals surface area contributed by atoms with E-state index in [4.69, 9.17) is 10.5 Å². The number of anilines is 3. The third kappa shape index (κ3) is 6.67. The quantitative estimate of drug-likeness (QED) is 0.478. The van der Waals surface area contributed by atoms with Gasteiger partial charge in [0.2, 0.25) is 0 Å². The second-order valence-electron chi connectivity index (χ2n) is 7.10. The van der Waals surface area contributed by atoms with Crippen molar-refractivity contribution in [3.63, 3.8) is 0 Å². The number of nitrogens with one attached hydrogen (secondary N) is 3. The minimum atomic E-state index is -1.34. The first-order valence-electron chi connectivity index (χ1n) is 9.02. The number of amides is 2. The number of alkyl halides is 1. The SMILES string of the molecule is C=C(Nc1ccc(NC(=O)NCCC(C)(C)F)cc1)c1c(N)cc(OC)cc1F. The molecular weight excluding hydrogens is 378 g/mol. The molecule has 0 bridgehead atoms. The van der Waals surface area contributed by atoms with Gasteiger partial charge in [0.15, 0.2) is 0 Å². The van der Waals surface area contributed by atoms with Crippen molar-refractivity contribution in [1.29, 1.82) is 0 Å². The van der Waals surface area contributed by atoms with Crippen LogP contribution in [0.15, 0.2) is 43.0 Å². The number of nitrogens with two attached hydrogens (primary N) is 1. The minimum absolute atomic E-state index is 0.156. The second kappa shape index (κ2) is 9.27. The molecule has 5 N–H and O–H groups in total. The zero-order valence-electron chi connectivity index (χ0n) is 16.7. The number of ether oxygens (including phenoxy) is 1. The van der Waals surface area contributed by atoms with Gasteiger partial charge in [0.25, 0.3) is 0 Å². The zero-order valence-corrected chi connectivity index (χ0v) is 16.7. The summed E-state index contributed by atoms with van der Waals surface area (Å²) in [6.07, 6.45) is 0.219. The molecule has 0 aliphatic rings. The lowest BCUT2D eigenvalue weighted by atomic mass is 10.1.